The van der Waals surface area contributed by atoms with Gasteiger partial charge in [0, 0.05) is 92.7 Å². The molecule has 41 heavy (non-hydrogen) atoms. The van der Waals surface area contributed by atoms with Crippen molar-refractivity contribution in [1.82, 2.24) is 19.4 Å². The van der Waals surface area contributed by atoms with Crippen molar-refractivity contribution in [2.24, 2.45) is 5.92 Å². The van der Waals surface area contributed by atoms with Crippen LogP contribution in [-0.4, -0.2) is 57.9 Å². The number of carbonyl (C=O) groups is 2. The number of pyridine rings is 3. The number of aromatic nitrogens is 3. The highest BCUT2D eigenvalue weighted by Crippen LogP contribution is 2.39. The maximum Gasteiger partial charge on any atom is 0.255 e. The van der Waals surface area contributed by atoms with E-state index < -0.39 is 0 Å². The van der Waals surface area contributed by atoms with Crippen molar-refractivity contribution < 1.29 is 9.59 Å². The largest absolute Gasteiger partial charge is 0.369 e. The summed E-state index contributed by atoms with van der Waals surface area (Å²) >= 11 is 0. The number of carbonyl (C=O) groups excluding carboxylic acids is 2. The number of fused-ring (bicyclic) bond motifs is 4. The fraction of sp³-hybridized carbons (Fsp3) is 0.281. The summed E-state index contributed by atoms with van der Waals surface area (Å²) in [6, 6.07) is 20.1. The summed E-state index contributed by atoms with van der Waals surface area (Å²) in [6.07, 6.45) is 6.58. The van der Waals surface area contributed by atoms with Gasteiger partial charge in [-0.15, -0.1) is 0 Å². The Morgan fingerprint density at radius 3 is 2.61 bits per heavy atom. The zero-order valence-corrected chi connectivity index (χ0v) is 22.9. The van der Waals surface area contributed by atoms with Crippen molar-refractivity contribution in [2.45, 2.75) is 25.3 Å². The zero-order chi connectivity index (χ0) is 28.3. The van der Waals surface area contributed by atoms with Gasteiger partial charge in [-0.05, 0) is 60.9 Å². The maximum absolute atomic E-state index is 13.4. The van der Waals surface area contributed by atoms with Crippen LogP contribution in [-0.2, 0) is 13.0 Å². The van der Waals surface area contributed by atoms with Gasteiger partial charge in [0.25, 0.3) is 17.4 Å². The molecule has 6 rings (SSSR count). The number of hydrogen-bond donors (Lipinski definition) is 1. The Hall–Kier alpha value is -4.79. The van der Waals surface area contributed by atoms with Crippen LogP contribution in [0.25, 0.3) is 0 Å². The molecule has 1 saturated heterocycles. The van der Waals surface area contributed by atoms with Crippen LogP contribution < -0.4 is 15.8 Å². The van der Waals surface area contributed by atoms with E-state index in [0.29, 0.717) is 42.2 Å². The molecule has 2 amide bonds. The number of hydrogen-bond acceptors (Lipinski definition) is 6. The molecular weight excluding hydrogens is 516 g/mol. The fourth-order valence-corrected chi connectivity index (χ4v) is 5.99. The Morgan fingerprint density at radius 1 is 0.951 bits per heavy atom. The second-order valence-electron chi connectivity index (χ2n) is 10.8. The lowest BCUT2D eigenvalue weighted by atomic mass is 9.83. The topological polar surface area (TPSA) is 100 Å². The van der Waals surface area contributed by atoms with Gasteiger partial charge in [-0.2, -0.15) is 0 Å². The molecule has 9 heteroatoms. The summed E-state index contributed by atoms with van der Waals surface area (Å²) in [6.45, 7) is 2.67. The van der Waals surface area contributed by atoms with E-state index in [9.17, 15) is 14.4 Å². The van der Waals surface area contributed by atoms with Gasteiger partial charge in [-0.3, -0.25) is 24.4 Å². The lowest BCUT2D eigenvalue weighted by Crippen LogP contribution is -2.47. The van der Waals surface area contributed by atoms with Gasteiger partial charge in [0.05, 0.1) is 11.4 Å². The predicted molar refractivity (Wildman–Crippen MR) is 157 cm³/mol. The second-order valence-corrected chi connectivity index (χ2v) is 10.8. The molecule has 208 valence electrons. The van der Waals surface area contributed by atoms with E-state index in [-0.39, 0.29) is 23.3 Å². The molecule has 1 aromatic carbocycles. The van der Waals surface area contributed by atoms with Crippen LogP contribution in [0.5, 0.6) is 0 Å². The van der Waals surface area contributed by atoms with Crippen molar-refractivity contribution in [2.75, 3.05) is 36.9 Å². The first-order valence-electron chi connectivity index (χ1n) is 13.9. The summed E-state index contributed by atoms with van der Waals surface area (Å²) in [4.78, 5) is 51.5. The number of nitrogens with one attached hydrogen (secondary N) is 1. The van der Waals surface area contributed by atoms with E-state index in [1.807, 2.05) is 47.0 Å². The molecule has 2 bridgehead atoms. The fourth-order valence-electron chi connectivity index (χ4n) is 5.99. The first-order chi connectivity index (χ1) is 20.0. The van der Waals surface area contributed by atoms with Gasteiger partial charge in [-0.25, -0.2) is 0 Å². The molecule has 1 fully saturated rings. The quantitative estimate of drug-likeness (QED) is 0.377. The summed E-state index contributed by atoms with van der Waals surface area (Å²) < 4.78 is 1.91. The third-order valence-corrected chi connectivity index (χ3v) is 8.03. The van der Waals surface area contributed by atoms with Crippen molar-refractivity contribution in [3.8, 4) is 0 Å². The van der Waals surface area contributed by atoms with Gasteiger partial charge in [0.2, 0.25) is 0 Å². The van der Waals surface area contributed by atoms with Crippen LogP contribution >= 0.6 is 0 Å². The molecule has 2 aliphatic rings. The average molecular weight is 549 g/mol. The number of amides is 2. The van der Waals surface area contributed by atoms with Crippen LogP contribution in [0.15, 0.2) is 90.1 Å². The molecule has 0 saturated carbocycles. The number of likely N-dealkylation sites (N-methyl/N-ethyl adjacent to an activating group) is 1. The second kappa shape index (κ2) is 11.4. The minimum atomic E-state index is -0.268. The smallest absolute Gasteiger partial charge is 0.255 e. The number of piperidine rings is 1. The average Bonchev–Trinajstić information content (AvgIpc) is 3.01. The first kappa shape index (κ1) is 26.4. The Kier molecular flexibility index (Phi) is 7.33. The van der Waals surface area contributed by atoms with Crippen LogP contribution in [0.1, 0.15) is 44.4 Å². The Labute approximate surface area is 238 Å². The molecule has 2 atom stereocenters. The van der Waals surface area contributed by atoms with Crippen molar-refractivity contribution >= 4 is 23.2 Å². The number of anilines is 2. The molecule has 0 spiro atoms. The first-order valence-corrected chi connectivity index (χ1v) is 13.9. The lowest BCUT2D eigenvalue weighted by Gasteiger charge is -2.44. The standard InChI is InChI=1S/C32H32N6O3/c1-36(16-12-26-5-2-3-13-34-26)32(41)24-8-9-29(27(18-24)35-31(40)23-10-14-33-15-11-23)37-19-22-17-25(21-37)28-6-4-7-30(39)38(28)20-22/h2-11,13-15,18,22,25H,12,16-17,19-21H2,1H3,(H,35,40). The highest BCUT2D eigenvalue weighted by atomic mass is 16.2. The van der Waals surface area contributed by atoms with Crippen LogP contribution in [0.2, 0.25) is 0 Å². The van der Waals surface area contributed by atoms with Crippen molar-refractivity contribution in [3.63, 3.8) is 0 Å². The Morgan fingerprint density at radius 2 is 1.80 bits per heavy atom. The van der Waals surface area contributed by atoms with E-state index >= 15 is 0 Å². The molecule has 4 aromatic rings. The number of rotatable bonds is 7. The lowest BCUT2D eigenvalue weighted by molar-refractivity contribution is 0.0796. The van der Waals surface area contributed by atoms with E-state index in [1.54, 1.807) is 54.8 Å². The SMILES string of the molecule is CN(CCc1ccccn1)C(=O)c1ccc(N2CC3CC(C2)c2cccc(=O)n2C3)c(NC(=O)c2ccncc2)c1. The molecule has 0 aliphatic carbocycles. The normalized spacial score (nSPS) is 17.4. The molecule has 0 radical (unpaired) electrons. The summed E-state index contributed by atoms with van der Waals surface area (Å²) in [7, 11) is 1.78. The van der Waals surface area contributed by atoms with E-state index in [2.05, 4.69) is 20.2 Å². The molecule has 9 nitrogen and oxygen atoms in total. The highest BCUT2D eigenvalue weighted by molar-refractivity contribution is 6.07. The van der Waals surface area contributed by atoms with Crippen LogP contribution in [0.4, 0.5) is 11.4 Å². The minimum Gasteiger partial charge on any atom is -0.369 e. The van der Waals surface area contributed by atoms with E-state index in [0.717, 1.165) is 36.6 Å². The third kappa shape index (κ3) is 5.61. The monoisotopic (exact) mass is 548 g/mol. The predicted octanol–water partition coefficient (Wildman–Crippen LogP) is 3.83. The summed E-state index contributed by atoms with van der Waals surface area (Å²) in [5.74, 6) is 0.120. The highest BCUT2D eigenvalue weighted by Gasteiger charge is 2.35. The molecule has 3 aromatic heterocycles. The van der Waals surface area contributed by atoms with Crippen molar-refractivity contribution in [1.29, 1.82) is 0 Å². The van der Waals surface area contributed by atoms with Crippen molar-refractivity contribution in [3.05, 3.63) is 118 Å². The van der Waals surface area contributed by atoms with Gasteiger partial charge >= 0.3 is 0 Å². The molecule has 1 N–H and O–H groups in total. The van der Waals surface area contributed by atoms with Crippen LogP contribution in [0.3, 0.4) is 0 Å². The van der Waals surface area contributed by atoms with Gasteiger partial charge in [-0.1, -0.05) is 12.1 Å². The Balaban J connectivity index is 1.28. The molecule has 2 aliphatic heterocycles. The number of benzene rings is 1. The Bertz CT molecular complexity index is 1620. The summed E-state index contributed by atoms with van der Waals surface area (Å²) in [5.41, 5.74) is 4.46. The van der Waals surface area contributed by atoms with Crippen LogP contribution in [0, 0.1) is 5.92 Å². The van der Waals surface area contributed by atoms with E-state index in [1.165, 1.54) is 0 Å². The van der Waals surface area contributed by atoms with Gasteiger partial charge < -0.3 is 19.7 Å². The molecular formula is C32H32N6O3. The number of nitrogens with zero attached hydrogens (tertiary/aromatic N) is 5. The minimum absolute atomic E-state index is 0.0472. The van der Waals surface area contributed by atoms with E-state index in [4.69, 9.17) is 0 Å². The van der Waals surface area contributed by atoms with Gasteiger partial charge in [0.1, 0.15) is 0 Å². The van der Waals surface area contributed by atoms with Gasteiger partial charge in [0.15, 0.2) is 0 Å². The zero-order valence-electron chi connectivity index (χ0n) is 22.9. The molecule has 2 unspecified atom stereocenters. The maximum atomic E-state index is 13.4. The summed E-state index contributed by atoms with van der Waals surface area (Å²) in [5, 5.41) is 3.07. The third-order valence-electron chi connectivity index (χ3n) is 8.03. The molecule has 5 heterocycles.